The fourth-order valence-corrected chi connectivity index (χ4v) is 4.89. The number of hydrogen-bond donors (Lipinski definition) is 1. The minimum Gasteiger partial charge on any atom is -0.489 e. The Labute approximate surface area is 205 Å². The second kappa shape index (κ2) is 8.22. The molecule has 0 spiro atoms. The maximum atomic E-state index is 15.5. The van der Waals surface area contributed by atoms with Crippen molar-refractivity contribution in [1.29, 1.82) is 5.26 Å². The van der Waals surface area contributed by atoms with E-state index in [9.17, 15) is 5.26 Å². The van der Waals surface area contributed by atoms with Crippen LogP contribution in [-0.4, -0.2) is 27.5 Å². The van der Waals surface area contributed by atoms with E-state index in [1.165, 1.54) is 6.07 Å². The summed E-state index contributed by atoms with van der Waals surface area (Å²) in [7, 11) is 1.70. The average Bonchev–Trinajstić information content (AvgIpc) is 3.60. The number of fused-ring (bicyclic) bond motifs is 3. The van der Waals surface area contributed by atoms with E-state index < -0.39 is 5.82 Å². The first-order valence-electron chi connectivity index (χ1n) is 11.4. The van der Waals surface area contributed by atoms with E-state index in [-0.39, 0.29) is 28.0 Å². The van der Waals surface area contributed by atoms with Crippen molar-refractivity contribution in [1.82, 2.24) is 14.8 Å². The van der Waals surface area contributed by atoms with Gasteiger partial charge in [0.25, 0.3) is 0 Å². The number of pyridine rings is 1. The summed E-state index contributed by atoms with van der Waals surface area (Å²) < 4.78 is 28.5. The van der Waals surface area contributed by atoms with Gasteiger partial charge in [0, 0.05) is 29.6 Å². The molecular formula is C26H21ClFN5O2. The molecule has 2 N–H and O–H groups in total. The van der Waals surface area contributed by atoms with Crippen LogP contribution in [-0.2, 0) is 24.8 Å². The molecule has 1 aliphatic heterocycles. The Kier molecular flexibility index (Phi) is 5.13. The predicted molar refractivity (Wildman–Crippen MR) is 130 cm³/mol. The summed E-state index contributed by atoms with van der Waals surface area (Å²) >= 11 is 6.25. The minimum atomic E-state index is -0.687. The number of nitrogen functional groups attached to an aromatic ring is 1. The topological polar surface area (TPSA) is 99.0 Å². The van der Waals surface area contributed by atoms with Gasteiger partial charge in [-0.2, -0.15) is 10.4 Å². The first kappa shape index (κ1) is 21.8. The van der Waals surface area contributed by atoms with Crippen molar-refractivity contribution in [3.63, 3.8) is 0 Å². The van der Waals surface area contributed by atoms with E-state index in [0.29, 0.717) is 30.3 Å². The molecule has 1 aliphatic carbocycles. The molecule has 0 atom stereocenters. The maximum Gasteiger partial charge on any atom is 0.152 e. The molecular weight excluding hydrogens is 469 g/mol. The van der Waals surface area contributed by atoms with Crippen molar-refractivity contribution in [2.75, 3.05) is 12.3 Å². The summed E-state index contributed by atoms with van der Waals surface area (Å²) in [5, 5.41) is 15.3. The van der Waals surface area contributed by atoms with Gasteiger partial charge in [-0.25, -0.2) is 9.37 Å². The molecule has 9 heteroatoms. The van der Waals surface area contributed by atoms with Crippen molar-refractivity contribution >= 4 is 28.3 Å². The van der Waals surface area contributed by atoms with Crippen LogP contribution in [0.15, 0.2) is 30.5 Å². The number of ether oxygens (including phenoxy) is 2. The number of benzene rings is 2. The number of hydrogen-bond acceptors (Lipinski definition) is 6. The number of nitrogens with zero attached hydrogens (tertiary/aromatic N) is 4. The Morgan fingerprint density at radius 2 is 2.11 bits per heavy atom. The summed E-state index contributed by atoms with van der Waals surface area (Å²) in [5.74, 6) is 0.0454. The molecule has 2 aliphatic rings. The number of rotatable bonds is 4. The maximum absolute atomic E-state index is 15.5. The molecule has 0 saturated heterocycles. The van der Waals surface area contributed by atoms with Gasteiger partial charge in [-0.3, -0.25) is 4.68 Å². The molecule has 3 heterocycles. The largest absolute Gasteiger partial charge is 0.489 e. The zero-order valence-corrected chi connectivity index (χ0v) is 19.7. The number of aryl methyl sites for hydroxylation is 1. The van der Waals surface area contributed by atoms with Gasteiger partial charge in [-0.05, 0) is 36.5 Å². The van der Waals surface area contributed by atoms with E-state index in [4.69, 9.17) is 26.8 Å². The van der Waals surface area contributed by atoms with Crippen LogP contribution in [0.4, 0.5) is 10.2 Å². The smallest absolute Gasteiger partial charge is 0.152 e. The molecule has 1 fully saturated rings. The van der Waals surface area contributed by atoms with Crippen LogP contribution < -0.4 is 10.5 Å². The monoisotopic (exact) mass is 489 g/mol. The minimum absolute atomic E-state index is 0.0239. The zero-order valence-electron chi connectivity index (χ0n) is 18.9. The van der Waals surface area contributed by atoms with Crippen LogP contribution in [0.3, 0.4) is 0 Å². The highest BCUT2D eigenvalue weighted by Crippen LogP contribution is 2.43. The lowest BCUT2D eigenvalue weighted by atomic mass is 9.94. The van der Waals surface area contributed by atoms with Crippen LogP contribution in [0.1, 0.15) is 29.5 Å². The first-order chi connectivity index (χ1) is 17.0. The Balaban J connectivity index is 1.55. The summed E-state index contributed by atoms with van der Waals surface area (Å²) in [6, 6.07) is 9.37. The number of nitrogens with two attached hydrogens (primary N) is 1. The highest BCUT2D eigenvalue weighted by Gasteiger charge is 2.30. The molecule has 2 aromatic carbocycles. The number of anilines is 1. The SMILES string of the molecule is Cn1ncc(-c2ccc3c4c(c(N)nc3c2)COCC4)c1-c1c(F)c(Cl)cc(OC2CC2)c1C#N. The highest BCUT2D eigenvalue weighted by molar-refractivity contribution is 6.31. The lowest BCUT2D eigenvalue weighted by molar-refractivity contribution is 0.111. The van der Waals surface area contributed by atoms with Crippen LogP contribution in [0.25, 0.3) is 33.3 Å². The van der Waals surface area contributed by atoms with Gasteiger partial charge in [-0.1, -0.05) is 23.7 Å². The third kappa shape index (κ3) is 3.59. The molecule has 4 aromatic rings. The lowest BCUT2D eigenvalue weighted by Gasteiger charge is -2.20. The molecule has 0 amide bonds. The van der Waals surface area contributed by atoms with Crippen LogP contribution in [0.5, 0.6) is 5.75 Å². The molecule has 176 valence electrons. The Morgan fingerprint density at radius 1 is 1.29 bits per heavy atom. The van der Waals surface area contributed by atoms with Gasteiger partial charge in [0.1, 0.15) is 23.2 Å². The Hall–Kier alpha value is -3.67. The number of aromatic nitrogens is 3. The van der Waals surface area contributed by atoms with Gasteiger partial charge >= 0.3 is 0 Å². The molecule has 6 rings (SSSR count). The van der Waals surface area contributed by atoms with E-state index in [0.717, 1.165) is 46.9 Å². The lowest BCUT2D eigenvalue weighted by Crippen LogP contribution is -2.14. The normalized spacial score (nSPS) is 15.1. The van der Waals surface area contributed by atoms with Crippen molar-refractivity contribution in [2.24, 2.45) is 7.05 Å². The third-order valence-corrected chi connectivity index (χ3v) is 6.85. The fraction of sp³-hybridized carbons (Fsp3) is 0.269. The van der Waals surface area contributed by atoms with Gasteiger partial charge in [0.15, 0.2) is 5.82 Å². The summed E-state index contributed by atoms with van der Waals surface area (Å²) in [6.07, 6.45) is 4.23. The van der Waals surface area contributed by atoms with E-state index in [1.54, 1.807) is 17.9 Å². The van der Waals surface area contributed by atoms with E-state index in [2.05, 4.69) is 16.2 Å². The van der Waals surface area contributed by atoms with Gasteiger partial charge in [0.05, 0.1) is 47.3 Å². The quantitative estimate of drug-likeness (QED) is 0.425. The predicted octanol–water partition coefficient (Wildman–Crippen LogP) is 5.16. The molecule has 35 heavy (non-hydrogen) atoms. The van der Waals surface area contributed by atoms with Crippen LogP contribution >= 0.6 is 11.6 Å². The van der Waals surface area contributed by atoms with Crippen LogP contribution in [0, 0.1) is 17.1 Å². The summed E-state index contributed by atoms with van der Waals surface area (Å²) in [6.45, 7) is 1.09. The fourth-order valence-electron chi connectivity index (χ4n) is 4.70. The molecule has 1 saturated carbocycles. The van der Waals surface area contributed by atoms with Crippen LogP contribution in [0.2, 0.25) is 5.02 Å². The molecule has 0 bridgehead atoms. The van der Waals surface area contributed by atoms with Crippen molar-refractivity contribution in [2.45, 2.75) is 32.0 Å². The van der Waals surface area contributed by atoms with Crippen molar-refractivity contribution < 1.29 is 13.9 Å². The molecule has 2 aromatic heterocycles. The Morgan fingerprint density at radius 3 is 2.89 bits per heavy atom. The number of halogens is 2. The van der Waals surface area contributed by atoms with Gasteiger partial charge in [0.2, 0.25) is 0 Å². The van der Waals surface area contributed by atoms with E-state index >= 15 is 4.39 Å². The highest BCUT2D eigenvalue weighted by atomic mass is 35.5. The second-order valence-electron chi connectivity index (χ2n) is 8.87. The van der Waals surface area contributed by atoms with Crippen molar-refractivity contribution in [3.05, 3.63) is 58.0 Å². The van der Waals surface area contributed by atoms with E-state index in [1.807, 2.05) is 18.2 Å². The van der Waals surface area contributed by atoms with Gasteiger partial charge < -0.3 is 15.2 Å². The standard InChI is InChI=1S/C26H21ClFN5O2/c1-33-25(23-17(10-29)22(35-14-3-4-14)9-20(27)24(23)28)18(11-31-33)13-2-5-16-15-6-7-34-12-19(15)26(30)32-21(16)8-13/h2,5,8-9,11,14H,3-4,6-7,12H2,1H3,(H2,30,32). The van der Waals surface area contributed by atoms with Gasteiger partial charge in [-0.15, -0.1) is 0 Å². The molecule has 0 radical (unpaired) electrons. The second-order valence-corrected chi connectivity index (χ2v) is 9.28. The Bertz CT molecular complexity index is 1550. The first-order valence-corrected chi connectivity index (χ1v) is 11.7. The van der Waals surface area contributed by atoms with Crippen molar-refractivity contribution in [3.8, 4) is 34.2 Å². The number of nitriles is 1. The zero-order chi connectivity index (χ0) is 24.3. The third-order valence-electron chi connectivity index (χ3n) is 6.58. The summed E-state index contributed by atoms with van der Waals surface area (Å²) in [5.41, 5.74) is 11.1. The average molecular weight is 490 g/mol. The molecule has 0 unspecified atom stereocenters. The summed E-state index contributed by atoms with van der Waals surface area (Å²) in [4.78, 5) is 4.61. The molecule has 7 nitrogen and oxygen atoms in total.